The number of nitrogens with two attached hydrogens (primary N) is 1. The van der Waals surface area contributed by atoms with Crippen LogP contribution in [0.3, 0.4) is 0 Å². The third-order valence-electron chi connectivity index (χ3n) is 3.16. The van der Waals surface area contributed by atoms with Crippen molar-refractivity contribution in [1.29, 1.82) is 0 Å². The van der Waals surface area contributed by atoms with Gasteiger partial charge in [0.1, 0.15) is 0 Å². The van der Waals surface area contributed by atoms with Crippen LogP contribution < -0.4 is 11.1 Å². The highest BCUT2D eigenvalue weighted by Gasteiger charge is 2.09. The maximum absolute atomic E-state index is 5.70. The first-order valence-corrected chi connectivity index (χ1v) is 6.67. The molecule has 102 valence electrons. The van der Waals surface area contributed by atoms with Crippen molar-refractivity contribution in [3.05, 3.63) is 54.4 Å². The van der Waals surface area contributed by atoms with Crippen molar-refractivity contribution in [1.82, 2.24) is 14.5 Å². The number of nitrogens with zero attached hydrogens (tertiary/aromatic N) is 3. The molecule has 0 aliphatic rings. The molecule has 3 rings (SSSR count). The molecule has 0 atom stereocenters. The number of imidazole rings is 1. The third-order valence-corrected chi connectivity index (χ3v) is 3.16. The van der Waals surface area contributed by atoms with Gasteiger partial charge in [-0.25, -0.2) is 4.98 Å². The van der Waals surface area contributed by atoms with E-state index in [0.29, 0.717) is 13.1 Å². The summed E-state index contributed by atoms with van der Waals surface area (Å²) < 4.78 is 2.11. The fourth-order valence-electron chi connectivity index (χ4n) is 2.24. The Morgan fingerprint density at radius 3 is 2.75 bits per heavy atom. The minimum atomic E-state index is 0.582. The van der Waals surface area contributed by atoms with Crippen molar-refractivity contribution in [3.8, 4) is 0 Å². The molecule has 5 heteroatoms. The van der Waals surface area contributed by atoms with E-state index in [9.17, 15) is 0 Å². The summed E-state index contributed by atoms with van der Waals surface area (Å²) in [7, 11) is 0. The van der Waals surface area contributed by atoms with Crippen LogP contribution in [-0.4, -0.2) is 21.1 Å². The summed E-state index contributed by atoms with van der Waals surface area (Å²) in [5.74, 6) is 0.835. The molecule has 3 aromatic rings. The summed E-state index contributed by atoms with van der Waals surface area (Å²) in [5, 5.41) is 3.34. The predicted octanol–water partition coefficient (Wildman–Crippen LogP) is 2.00. The Hall–Kier alpha value is -2.40. The van der Waals surface area contributed by atoms with Gasteiger partial charge < -0.3 is 15.6 Å². The van der Waals surface area contributed by atoms with Gasteiger partial charge in [-0.1, -0.05) is 18.2 Å². The fourth-order valence-corrected chi connectivity index (χ4v) is 2.24. The van der Waals surface area contributed by atoms with Gasteiger partial charge in [-0.3, -0.25) is 4.98 Å². The lowest BCUT2D eigenvalue weighted by Crippen LogP contribution is -2.13. The minimum absolute atomic E-state index is 0.582. The Bertz CT molecular complexity index is 690. The summed E-state index contributed by atoms with van der Waals surface area (Å²) in [6.45, 7) is 1.97. The van der Waals surface area contributed by atoms with Crippen molar-refractivity contribution in [2.45, 2.75) is 13.1 Å². The number of hydrogen-bond donors (Lipinski definition) is 2. The average Bonchev–Trinajstić information content (AvgIpc) is 2.85. The second-order valence-electron chi connectivity index (χ2n) is 4.54. The van der Waals surface area contributed by atoms with Crippen molar-refractivity contribution in [2.24, 2.45) is 5.73 Å². The molecule has 0 saturated heterocycles. The summed E-state index contributed by atoms with van der Waals surface area (Å²) in [5.41, 5.74) is 8.76. The molecule has 0 aliphatic heterocycles. The Morgan fingerprint density at radius 1 is 1.10 bits per heavy atom. The van der Waals surface area contributed by atoms with Crippen molar-refractivity contribution in [2.75, 3.05) is 11.9 Å². The molecule has 2 heterocycles. The first-order chi connectivity index (χ1) is 9.88. The molecule has 5 nitrogen and oxygen atoms in total. The van der Waals surface area contributed by atoms with Gasteiger partial charge in [0.2, 0.25) is 5.95 Å². The van der Waals surface area contributed by atoms with E-state index in [0.717, 1.165) is 29.2 Å². The van der Waals surface area contributed by atoms with E-state index in [-0.39, 0.29) is 0 Å². The van der Waals surface area contributed by atoms with Crippen LogP contribution in [0.4, 0.5) is 5.95 Å². The van der Waals surface area contributed by atoms with Crippen LogP contribution in [0.15, 0.2) is 48.7 Å². The normalized spacial score (nSPS) is 10.8. The van der Waals surface area contributed by atoms with Crippen LogP contribution in [-0.2, 0) is 13.1 Å². The predicted molar refractivity (Wildman–Crippen MR) is 80.4 cm³/mol. The van der Waals surface area contributed by atoms with E-state index >= 15 is 0 Å². The Morgan fingerprint density at radius 2 is 1.95 bits per heavy atom. The number of rotatable bonds is 5. The number of benzene rings is 1. The lowest BCUT2D eigenvalue weighted by atomic mass is 10.3. The largest absolute Gasteiger partial charge is 0.350 e. The molecular formula is C15H17N5. The van der Waals surface area contributed by atoms with Gasteiger partial charge in [0, 0.05) is 19.3 Å². The Kier molecular flexibility index (Phi) is 3.60. The molecule has 0 amide bonds. The van der Waals surface area contributed by atoms with Gasteiger partial charge in [0.15, 0.2) is 0 Å². The van der Waals surface area contributed by atoms with Crippen LogP contribution in [0, 0.1) is 0 Å². The molecule has 0 aliphatic carbocycles. The number of hydrogen-bond acceptors (Lipinski definition) is 4. The van der Waals surface area contributed by atoms with Gasteiger partial charge in [-0.15, -0.1) is 0 Å². The summed E-state index contributed by atoms with van der Waals surface area (Å²) in [4.78, 5) is 8.91. The second kappa shape index (κ2) is 5.71. The van der Waals surface area contributed by atoms with Crippen LogP contribution >= 0.6 is 0 Å². The highest BCUT2D eigenvalue weighted by atomic mass is 15.2. The van der Waals surface area contributed by atoms with Crippen molar-refractivity contribution >= 4 is 17.0 Å². The van der Waals surface area contributed by atoms with Crippen LogP contribution in [0.2, 0.25) is 0 Å². The molecule has 0 saturated carbocycles. The zero-order valence-electron chi connectivity index (χ0n) is 11.2. The highest BCUT2D eigenvalue weighted by Crippen LogP contribution is 2.19. The van der Waals surface area contributed by atoms with Crippen LogP contribution in [0.1, 0.15) is 5.69 Å². The molecule has 2 aromatic heterocycles. The lowest BCUT2D eigenvalue weighted by molar-refractivity contribution is 0.729. The maximum Gasteiger partial charge on any atom is 0.204 e. The van der Waals surface area contributed by atoms with E-state index in [1.54, 1.807) is 6.20 Å². The number of anilines is 1. The average molecular weight is 267 g/mol. The number of para-hydroxylation sites is 2. The van der Waals surface area contributed by atoms with Crippen LogP contribution in [0.25, 0.3) is 11.0 Å². The third kappa shape index (κ3) is 2.48. The first kappa shape index (κ1) is 12.6. The monoisotopic (exact) mass is 267 g/mol. The number of pyridine rings is 1. The molecule has 0 spiro atoms. The van der Waals surface area contributed by atoms with Gasteiger partial charge in [-0.05, 0) is 24.3 Å². The van der Waals surface area contributed by atoms with E-state index in [1.807, 2.05) is 36.4 Å². The molecular weight excluding hydrogens is 250 g/mol. The lowest BCUT2D eigenvalue weighted by Gasteiger charge is -2.09. The van der Waals surface area contributed by atoms with E-state index in [1.165, 1.54) is 0 Å². The van der Waals surface area contributed by atoms with Gasteiger partial charge in [0.05, 0.1) is 23.3 Å². The quantitative estimate of drug-likeness (QED) is 0.742. The molecule has 3 N–H and O–H groups in total. The van der Waals surface area contributed by atoms with E-state index < -0.39 is 0 Å². The Labute approximate surface area is 117 Å². The zero-order valence-corrected chi connectivity index (χ0v) is 11.2. The van der Waals surface area contributed by atoms with E-state index in [2.05, 4.69) is 25.9 Å². The smallest absolute Gasteiger partial charge is 0.204 e. The van der Waals surface area contributed by atoms with Gasteiger partial charge in [-0.2, -0.15) is 0 Å². The SMILES string of the molecule is NCCn1c(NCc2ccccn2)nc2ccccc21. The minimum Gasteiger partial charge on any atom is -0.350 e. The standard InChI is InChI=1S/C15H17N5/c16-8-10-20-14-7-2-1-6-13(14)19-15(20)18-11-12-5-3-4-9-17-12/h1-7,9H,8,10-11,16H2,(H,18,19). The number of nitrogens with one attached hydrogen (secondary N) is 1. The second-order valence-corrected chi connectivity index (χ2v) is 4.54. The topological polar surface area (TPSA) is 68.8 Å². The van der Waals surface area contributed by atoms with E-state index in [4.69, 9.17) is 5.73 Å². The summed E-state index contributed by atoms with van der Waals surface area (Å²) >= 11 is 0. The molecule has 1 aromatic carbocycles. The number of aromatic nitrogens is 3. The van der Waals surface area contributed by atoms with Crippen LogP contribution in [0.5, 0.6) is 0 Å². The first-order valence-electron chi connectivity index (χ1n) is 6.67. The van der Waals surface area contributed by atoms with Crippen molar-refractivity contribution < 1.29 is 0 Å². The number of fused-ring (bicyclic) bond motifs is 1. The molecule has 0 radical (unpaired) electrons. The molecule has 0 bridgehead atoms. The zero-order chi connectivity index (χ0) is 13.8. The van der Waals surface area contributed by atoms with Gasteiger partial charge in [0.25, 0.3) is 0 Å². The fraction of sp³-hybridized carbons (Fsp3) is 0.200. The summed E-state index contributed by atoms with van der Waals surface area (Å²) in [6.07, 6.45) is 1.79. The summed E-state index contributed by atoms with van der Waals surface area (Å²) in [6, 6.07) is 13.9. The highest BCUT2D eigenvalue weighted by molar-refractivity contribution is 5.78. The Balaban J connectivity index is 1.88. The van der Waals surface area contributed by atoms with Crippen molar-refractivity contribution in [3.63, 3.8) is 0 Å². The van der Waals surface area contributed by atoms with Gasteiger partial charge >= 0.3 is 0 Å². The molecule has 20 heavy (non-hydrogen) atoms. The molecule has 0 unspecified atom stereocenters. The maximum atomic E-state index is 5.70. The molecule has 0 fully saturated rings.